The van der Waals surface area contributed by atoms with Crippen molar-refractivity contribution in [3.8, 4) is 6.07 Å². The highest BCUT2D eigenvalue weighted by molar-refractivity contribution is 6.34. The van der Waals surface area contributed by atoms with E-state index < -0.39 is 11.8 Å². The molecule has 106 valence electrons. The van der Waals surface area contributed by atoms with E-state index in [4.69, 9.17) is 27.3 Å². The maximum absolute atomic E-state index is 13.2. The molecule has 0 saturated heterocycles. The van der Waals surface area contributed by atoms with E-state index in [1.54, 1.807) is 6.07 Å². The molecule has 2 aromatic rings. The number of anilines is 1. The predicted octanol–water partition coefficient (Wildman–Crippen LogP) is 3.29. The molecular weight excluding hydrogens is 295 g/mol. The molecule has 0 atom stereocenters. The fourth-order valence-electron chi connectivity index (χ4n) is 1.76. The Hall–Kier alpha value is -2.58. The number of carbonyl (C=O) groups excluding carboxylic acids is 1. The summed E-state index contributed by atoms with van der Waals surface area (Å²) in [6.45, 7) is -0.246. The van der Waals surface area contributed by atoms with Gasteiger partial charge in [0.2, 0.25) is 0 Å². The zero-order chi connectivity index (χ0) is 15.4. The summed E-state index contributed by atoms with van der Waals surface area (Å²) in [6, 6.07) is 10.2. The number of hydrogen-bond donors (Lipinski definition) is 1. The van der Waals surface area contributed by atoms with Gasteiger partial charge in [-0.3, -0.25) is 0 Å². The van der Waals surface area contributed by atoms with Crippen molar-refractivity contribution in [1.29, 1.82) is 5.26 Å². The Labute approximate surface area is 125 Å². The van der Waals surface area contributed by atoms with Gasteiger partial charge in [-0.15, -0.1) is 0 Å². The van der Waals surface area contributed by atoms with Crippen LogP contribution in [0.2, 0.25) is 5.02 Å². The Kier molecular flexibility index (Phi) is 4.41. The molecule has 6 heteroatoms. The van der Waals surface area contributed by atoms with Crippen LogP contribution in [0.5, 0.6) is 0 Å². The topological polar surface area (TPSA) is 76.1 Å². The smallest absolute Gasteiger partial charge is 0.342 e. The fourth-order valence-corrected chi connectivity index (χ4v) is 2.02. The molecule has 0 unspecified atom stereocenters. The molecule has 0 fully saturated rings. The standard InChI is InChI=1S/C15H10ClFN2O2/c16-12-2-1-3-13(19)14(12)15(20)21-8-10-6-11(17)5-4-9(10)7-18/h1-6H,8,19H2. The summed E-state index contributed by atoms with van der Waals surface area (Å²) in [7, 11) is 0. The normalized spacial score (nSPS) is 9.95. The first-order valence-corrected chi connectivity index (χ1v) is 6.30. The Bertz CT molecular complexity index is 721. The first-order chi connectivity index (χ1) is 10.0. The van der Waals surface area contributed by atoms with Crippen molar-refractivity contribution in [2.45, 2.75) is 6.61 Å². The number of hydrogen-bond acceptors (Lipinski definition) is 4. The fraction of sp³-hybridized carbons (Fsp3) is 0.0667. The highest BCUT2D eigenvalue weighted by atomic mass is 35.5. The number of ether oxygens (including phenoxy) is 1. The van der Waals surface area contributed by atoms with Crippen LogP contribution in [0, 0.1) is 17.1 Å². The van der Waals surface area contributed by atoms with Gasteiger partial charge in [-0.1, -0.05) is 17.7 Å². The number of nitrogen functional groups attached to an aromatic ring is 1. The molecule has 0 radical (unpaired) electrons. The molecule has 0 bridgehead atoms. The summed E-state index contributed by atoms with van der Waals surface area (Å²) in [6.07, 6.45) is 0. The highest BCUT2D eigenvalue weighted by Gasteiger charge is 2.16. The van der Waals surface area contributed by atoms with Gasteiger partial charge in [0.1, 0.15) is 18.0 Å². The number of esters is 1. The van der Waals surface area contributed by atoms with Crippen molar-refractivity contribution < 1.29 is 13.9 Å². The van der Waals surface area contributed by atoms with E-state index >= 15 is 0 Å². The van der Waals surface area contributed by atoms with Gasteiger partial charge in [0.05, 0.1) is 16.7 Å². The van der Waals surface area contributed by atoms with Crippen LogP contribution in [-0.2, 0) is 11.3 Å². The SMILES string of the molecule is N#Cc1ccc(F)cc1COC(=O)c1c(N)cccc1Cl. The van der Waals surface area contributed by atoms with Crippen molar-refractivity contribution in [2.24, 2.45) is 0 Å². The van der Waals surface area contributed by atoms with E-state index in [0.717, 1.165) is 12.1 Å². The second kappa shape index (κ2) is 6.25. The Morgan fingerprint density at radius 1 is 1.38 bits per heavy atom. The molecule has 2 aromatic carbocycles. The largest absolute Gasteiger partial charge is 0.457 e. The van der Waals surface area contributed by atoms with Gasteiger partial charge in [0.15, 0.2) is 0 Å². The minimum absolute atomic E-state index is 0.0501. The molecule has 2 rings (SSSR count). The lowest BCUT2D eigenvalue weighted by Crippen LogP contribution is -2.09. The summed E-state index contributed by atoms with van der Waals surface area (Å²) < 4.78 is 18.2. The third kappa shape index (κ3) is 3.30. The lowest BCUT2D eigenvalue weighted by molar-refractivity contribution is 0.0473. The van der Waals surface area contributed by atoms with Crippen molar-refractivity contribution >= 4 is 23.3 Å². The van der Waals surface area contributed by atoms with Crippen LogP contribution in [-0.4, -0.2) is 5.97 Å². The highest BCUT2D eigenvalue weighted by Crippen LogP contribution is 2.23. The van der Waals surface area contributed by atoms with Crippen molar-refractivity contribution in [3.05, 3.63) is 63.9 Å². The number of rotatable bonds is 3. The van der Waals surface area contributed by atoms with Gasteiger partial charge < -0.3 is 10.5 Å². The maximum Gasteiger partial charge on any atom is 0.342 e. The Morgan fingerprint density at radius 2 is 2.14 bits per heavy atom. The van der Waals surface area contributed by atoms with E-state index in [-0.39, 0.29) is 34.0 Å². The minimum atomic E-state index is -0.730. The molecule has 21 heavy (non-hydrogen) atoms. The van der Waals surface area contributed by atoms with Crippen LogP contribution in [0.4, 0.5) is 10.1 Å². The van der Waals surface area contributed by atoms with E-state index in [2.05, 4.69) is 0 Å². The van der Waals surface area contributed by atoms with Gasteiger partial charge in [-0.25, -0.2) is 9.18 Å². The van der Waals surface area contributed by atoms with Gasteiger partial charge in [-0.05, 0) is 30.3 Å². The molecule has 4 nitrogen and oxygen atoms in total. The number of nitriles is 1. The average Bonchev–Trinajstić information content (AvgIpc) is 2.45. The first kappa shape index (κ1) is 14.8. The number of carbonyl (C=O) groups is 1. The van der Waals surface area contributed by atoms with Gasteiger partial charge in [-0.2, -0.15) is 5.26 Å². The lowest BCUT2D eigenvalue weighted by atomic mass is 10.1. The van der Waals surface area contributed by atoms with E-state index in [0.29, 0.717) is 0 Å². The van der Waals surface area contributed by atoms with Crippen molar-refractivity contribution in [3.63, 3.8) is 0 Å². The summed E-state index contributed by atoms with van der Waals surface area (Å²) in [5, 5.41) is 9.09. The van der Waals surface area contributed by atoms with Crippen LogP contribution in [0.25, 0.3) is 0 Å². The van der Waals surface area contributed by atoms with Crippen LogP contribution in [0.15, 0.2) is 36.4 Å². The van der Waals surface area contributed by atoms with Crippen LogP contribution in [0.3, 0.4) is 0 Å². The Balaban J connectivity index is 2.19. The molecule has 0 aliphatic rings. The molecule has 0 amide bonds. The molecule has 0 aromatic heterocycles. The molecule has 0 saturated carbocycles. The zero-order valence-corrected chi connectivity index (χ0v) is 11.5. The molecule has 0 aliphatic carbocycles. The molecule has 0 heterocycles. The summed E-state index contributed by atoms with van der Waals surface area (Å²) in [5.74, 6) is -1.25. The second-order valence-electron chi connectivity index (χ2n) is 4.19. The number of nitrogens with two attached hydrogens (primary N) is 1. The number of nitrogens with zero attached hydrogens (tertiary/aromatic N) is 1. The van der Waals surface area contributed by atoms with Crippen LogP contribution >= 0.6 is 11.6 Å². The third-order valence-corrected chi connectivity index (χ3v) is 3.11. The zero-order valence-electron chi connectivity index (χ0n) is 10.8. The summed E-state index contributed by atoms with van der Waals surface area (Å²) in [4.78, 5) is 12.0. The van der Waals surface area contributed by atoms with E-state index in [1.165, 1.54) is 18.2 Å². The molecule has 0 spiro atoms. The van der Waals surface area contributed by atoms with Crippen molar-refractivity contribution in [1.82, 2.24) is 0 Å². The molecular formula is C15H10ClFN2O2. The van der Waals surface area contributed by atoms with Gasteiger partial charge >= 0.3 is 5.97 Å². The Morgan fingerprint density at radius 3 is 2.81 bits per heavy atom. The monoisotopic (exact) mass is 304 g/mol. The molecule has 2 N–H and O–H groups in total. The predicted molar refractivity (Wildman–Crippen MR) is 76.1 cm³/mol. The average molecular weight is 305 g/mol. The number of halogens is 2. The van der Waals surface area contributed by atoms with Crippen LogP contribution in [0.1, 0.15) is 21.5 Å². The number of benzene rings is 2. The van der Waals surface area contributed by atoms with E-state index in [1.807, 2.05) is 6.07 Å². The van der Waals surface area contributed by atoms with Crippen molar-refractivity contribution in [2.75, 3.05) is 5.73 Å². The lowest BCUT2D eigenvalue weighted by Gasteiger charge is -2.09. The summed E-state index contributed by atoms with van der Waals surface area (Å²) >= 11 is 5.90. The third-order valence-electron chi connectivity index (χ3n) is 2.80. The maximum atomic E-state index is 13.2. The quantitative estimate of drug-likeness (QED) is 0.697. The van der Waals surface area contributed by atoms with Gasteiger partial charge in [0.25, 0.3) is 0 Å². The second-order valence-corrected chi connectivity index (χ2v) is 4.60. The minimum Gasteiger partial charge on any atom is -0.457 e. The van der Waals surface area contributed by atoms with Crippen LogP contribution < -0.4 is 5.73 Å². The van der Waals surface area contributed by atoms with E-state index in [9.17, 15) is 9.18 Å². The first-order valence-electron chi connectivity index (χ1n) is 5.92. The summed E-state index contributed by atoms with van der Waals surface area (Å²) in [5.41, 5.74) is 6.42. The molecule has 0 aliphatic heterocycles. The van der Waals surface area contributed by atoms with Gasteiger partial charge in [0, 0.05) is 11.3 Å².